The maximum Gasteiger partial charge on any atom is 0.421 e. The Kier molecular flexibility index (Phi) is 4.47. The number of aliphatic imine (C=N–C) groups is 1. The molecule has 1 aromatic heterocycles. The number of amides is 3. The summed E-state index contributed by atoms with van der Waals surface area (Å²) >= 11 is 0. The highest BCUT2D eigenvalue weighted by Gasteiger charge is 2.52. The molecule has 0 bridgehead atoms. The number of aromatic nitrogens is 2. The summed E-state index contributed by atoms with van der Waals surface area (Å²) in [5.74, 6) is 0.158. The third-order valence-electron chi connectivity index (χ3n) is 4.65. The number of likely N-dealkylation sites (N-methyl/N-ethyl adjacent to an activating group) is 2. The van der Waals surface area contributed by atoms with Crippen LogP contribution in [0.1, 0.15) is 32.2 Å². The van der Waals surface area contributed by atoms with Crippen LogP contribution in [0.25, 0.3) is 0 Å². The summed E-state index contributed by atoms with van der Waals surface area (Å²) in [6.45, 7) is 5.16. The van der Waals surface area contributed by atoms with Gasteiger partial charge in [0, 0.05) is 13.5 Å². The molecule has 2 aliphatic heterocycles. The Bertz CT molecular complexity index is 866. The van der Waals surface area contributed by atoms with E-state index in [-0.39, 0.29) is 12.3 Å². The van der Waals surface area contributed by atoms with Crippen molar-refractivity contribution in [1.82, 2.24) is 19.6 Å². The van der Waals surface area contributed by atoms with Crippen LogP contribution in [-0.4, -0.2) is 80.4 Å². The SMILES string of the molecule is CCc1cc(CC)n(C2=[N+](C)C3C(=O)N(CC(C)=O)C(=O)N(C)C3=N2)n1. The summed E-state index contributed by atoms with van der Waals surface area (Å²) in [5.41, 5.74) is 1.92. The standard InChI is InChI=1S/C17H23N6O3/c1-6-11-8-12(7-2)23(19-11)16-18-14-13(20(16)4)15(25)22(9-10(3)24)17(26)21(14)5/h8,13H,6-7,9H2,1-5H3/q+1. The molecule has 0 aromatic carbocycles. The number of fused-ring (bicyclic) bond motifs is 1. The number of nitrogens with zero attached hydrogens (tertiary/aromatic N) is 6. The van der Waals surface area contributed by atoms with E-state index in [4.69, 9.17) is 0 Å². The highest BCUT2D eigenvalue weighted by Crippen LogP contribution is 2.20. The van der Waals surface area contributed by atoms with Crippen molar-refractivity contribution >= 4 is 29.5 Å². The first-order valence-corrected chi connectivity index (χ1v) is 8.65. The molecule has 1 unspecified atom stereocenters. The lowest BCUT2D eigenvalue weighted by molar-refractivity contribution is -0.507. The Hall–Kier alpha value is -2.84. The Morgan fingerprint density at radius 2 is 1.96 bits per heavy atom. The third-order valence-corrected chi connectivity index (χ3v) is 4.65. The van der Waals surface area contributed by atoms with Gasteiger partial charge < -0.3 is 0 Å². The number of carbonyl (C=O) groups excluding carboxylic acids is 3. The van der Waals surface area contributed by atoms with Crippen molar-refractivity contribution in [2.24, 2.45) is 4.99 Å². The highest BCUT2D eigenvalue weighted by atomic mass is 16.2. The van der Waals surface area contributed by atoms with Gasteiger partial charge in [0.05, 0.1) is 19.3 Å². The van der Waals surface area contributed by atoms with Gasteiger partial charge in [0.1, 0.15) is 11.5 Å². The first-order chi connectivity index (χ1) is 12.3. The molecule has 0 saturated carbocycles. The zero-order valence-electron chi connectivity index (χ0n) is 15.7. The number of carbonyl (C=O) groups is 3. The summed E-state index contributed by atoms with van der Waals surface area (Å²) < 4.78 is 3.43. The fourth-order valence-corrected chi connectivity index (χ4v) is 3.22. The van der Waals surface area contributed by atoms with E-state index in [1.807, 2.05) is 19.9 Å². The molecule has 9 nitrogen and oxygen atoms in total. The van der Waals surface area contributed by atoms with E-state index in [1.54, 1.807) is 23.4 Å². The van der Waals surface area contributed by atoms with Gasteiger partial charge in [-0.3, -0.25) is 19.4 Å². The minimum Gasteiger partial charge on any atom is -0.298 e. The summed E-state index contributed by atoms with van der Waals surface area (Å²) in [7, 11) is 3.31. The molecule has 3 amide bonds. The smallest absolute Gasteiger partial charge is 0.298 e. The summed E-state index contributed by atoms with van der Waals surface area (Å²) in [4.78, 5) is 43.7. The zero-order chi connectivity index (χ0) is 19.2. The van der Waals surface area contributed by atoms with Crippen LogP contribution in [0.3, 0.4) is 0 Å². The normalized spacial score (nSPS) is 20.0. The number of urea groups is 1. The van der Waals surface area contributed by atoms with Gasteiger partial charge >= 0.3 is 12.0 Å². The van der Waals surface area contributed by atoms with Crippen molar-refractivity contribution < 1.29 is 19.0 Å². The van der Waals surface area contributed by atoms with Crippen molar-refractivity contribution in [2.75, 3.05) is 20.6 Å². The number of rotatable bonds is 4. The number of Topliss-reactive ketones (excluding diaryl/α,β-unsaturated/α-hetero) is 1. The van der Waals surface area contributed by atoms with Crippen molar-refractivity contribution in [3.63, 3.8) is 0 Å². The largest absolute Gasteiger partial charge is 0.421 e. The van der Waals surface area contributed by atoms with Crippen LogP contribution in [0, 0.1) is 0 Å². The third kappa shape index (κ3) is 2.63. The molecule has 3 rings (SSSR count). The zero-order valence-corrected chi connectivity index (χ0v) is 15.7. The molecule has 0 radical (unpaired) electrons. The van der Waals surface area contributed by atoms with Crippen LogP contribution < -0.4 is 0 Å². The van der Waals surface area contributed by atoms with Crippen molar-refractivity contribution in [2.45, 2.75) is 39.7 Å². The second kappa shape index (κ2) is 6.47. The van der Waals surface area contributed by atoms with Crippen LogP contribution in [0.2, 0.25) is 0 Å². The molecule has 1 aromatic rings. The minimum atomic E-state index is -0.744. The fraction of sp³-hybridized carbons (Fsp3) is 0.529. The first kappa shape index (κ1) is 18.0. The number of hydrogen-bond acceptors (Lipinski definition) is 5. The lowest BCUT2D eigenvalue weighted by Gasteiger charge is -2.32. The Morgan fingerprint density at radius 1 is 1.27 bits per heavy atom. The number of hydrogen-bond donors (Lipinski definition) is 0. The van der Waals surface area contributed by atoms with Gasteiger partial charge in [0.25, 0.3) is 5.91 Å². The highest BCUT2D eigenvalue weighted by molar-refractivity contribution is 6.23. The van der Waals surface area contributed by atoms with E-state index in [1.165, 1.54) is 11.8 Å². The topological polar surface area (TPSA) is 90.9 Å². The van der Waals surface area contributed by atoms with Gasteiger partial charge in [-0.05, 0) is 19.4 Å². The molecular formula is C17H23N6O3+. The van der Waals surface area contributed by atoms with Crippen LogP contribution in [0.5, 0.6) is 0 Å². The van der Waals surface area contributed by atoms with Gasteiger partial charge in [0.2, 0.25) is 11.9 Å². The molecule has 1 atom stereocenters. The average molecular weight is 359 g/mol. The Balaban J connectivity index is 2.08. The number of imide groups is 1. The lowest BCUT2D eigenvalue weighted by atomic mass is 10.1. The van der Waals surface area contributed by atoms with Gasteiger partial charge in [0.15, 0.2) is 0 Å². The maximum absolute atomic E-state index is 12.9. The minimum absolute atomic E-state index is 0.239. The summed E-state index contributed by atoms with van der Waals surface area (Å²) in [6.07, 6.45) is 1.56. The molecule has 0 aliphatic carbocycles. The summed E-state index contributed by atoms with van der Waals surface area (Å²) in [5, 5.41) is 4.57. The van der Waals surface area contributed by atoms with E-state index in [9.17, 15) is 14.4 Å². The molecular weight excluding hydrogens is 336 g/mol. The van der Waals surface area contributed by atoms with E-state index in [0.717, 1.165) is 29.1 Å². The van der Waals surface area contributed by atoms with Gasteiger partial charge in [-0.2, -0.15) is 0 Å². The Labute approximate surface area is 151 Å². The molecule has 26 heavy (non-hydrogen) atoms. The van der Waals surface area contributed by atoms with Crippen molar-refractivity contribution in [1.29, 1.82) is 0 Å². The van der Waals surface area contributed by atoms with Crippen LogP contribution in [-0.2, 0) is 22.4 Å². The maximum atomic E-state index is 12.9. The molecule has 2 aliphatic rings. The molecule has 0 spiro atoms. The second-order valence-electron chi connectivity index (χ2n) is 6.50. The van der Waals surface area contributed by atoms with E-state index >= 15 is 0 Å². The van der Waals surface area contributed by atoms with Crippen LogP contribution >= 0.6 is 0 Å². The first-order valence-electron chi connectivity index (χ1n) is 8.65. The molecule has 0 N–H and O–H groups in total. The summed E-state index contributed by atoms with van der Waals surface area (Å²) in [6, 6.07) is 0.730. The van der Waals surface area contributed by atoms with E-state index in [0.29, 0.717) is 11.8 Å². The average Bonchev–Trinajstić information content (AvgIpc) is 3.17. The van der Waals surface area contributed by atoms with E-state index < -0.39 is 18.0 Å². The predicted octanol–water partition coefficient (Wildman–Crippen LogP) is 0.118. The van der Waals surface area contributed by atoms with Crippen LogP contribution in [0.4, 0.5) is 4.79 Å². The van der Waals surface area contributed by atoms with Gasteiger partial charge in [-0.15, -0.1) is 9.78 Å². The quantitative estimate of drug-likeness (QED) is 0.714. The van der Waals surface area contributed by atoms with Crippen molar-refractivity contribution in [3.8, 4) is 0 Å². The lowest BCUT2D eigenvalue weighted by Crippen LogP contribution is -2.63. The molecule has 9 heteroatoms. The van der Waals surface area contributed by atoms with Gasteiger partial charge in [-0.25, -0.2) is 9.37 Å². The monoisotopic (exact) mass is 359 g/mol. The van der Waals surface area contributed by atoms with Crippen molar-refractivity contribution in [3.05, 3.63) is 17.5 Å². The second-order valence-corrected chi connectivity index (χ2v) is 6.50. The molecule has 1 saturated heterocycles. The fourth-order valence-electron chi connectivity index (χ4n) is 3.22. The van der Waals surface area contributed by atoms with E-state index in [2.05, 4.69) is 10.1 Å². The molecule has 1 fully saturated rings. The number of aryl methyl sites for hydroxylation is 2. The Morgan fingerprint density at radius 3 is 2.54 bits per heavy atom. The number of amidine groups is 1. The van der Waals surface area contributed by atoms with Crippen LogP contribution in [0.15, 0.2) is 11.1 Å². The molecule has 3 heterocycles. The predicted molar refractivity (Wildman–Crippen MR) is 94.3 cm³/mol. The number of ketones is 1. The van der Waals surface area contributed by atoms with Gasteiger partial charge in [-0.1, -0.05) is 18.8 Å². The molecule has 138 valence electrons.